The Morgan fingerprint density at radius 2 is 2.25 bits per heavy atom. The smallest absolute Gasteiger partial charge is 0.299 e. The molecule has 1 aliphatic heterocycles. The van der Waals surface area contributed by atoms with Crippen molar-refractivity contribution in [1.29, 1.82) is 0 Å². The van der Waals surface area contributed by atoms with Crippen molar-refractivity contribution in [3.05, 3.63) is 24.3 Å². The first-order valence-corrected chi connectivity index (χ1v) is 4.20. The maximum atomic E-state index is 13.3. The monoisotopic (exact) mass is 182 g/mol. The lowest BCUT2D eigenvalue weighted by Crippen LogP contribution is -2.26. The Morgan fingerprint density at radius 3 is 2.92 bits per heavy atom. The molecule has 4 heteroatoms. The summed E-state index contributed by atoms with van der Waals surface area (Å²) < 4.78 is 13.3. The second kappa shape index (κ2) is 2.48. The maximum absolute atomic E-state index is 13.3. The Hall–Kier alpha value is -1.03. The zero-order valence-corrected chi connectivity index (χ0v) is 6.82. The molecule has 0 saturated carbocycles. The number of hydrogen-bond acceptors (Lipinski definition) is 3. The van der Waals surface area contributed by atoms with Crippen LogP contribution in [0.3, 0.4) is 0 Å². The SMILES string of the molecule is O=[C]C1(F)Nc2ccccc2S1. The lowest BCUT2D eigenvalue weighted by molar-refractivity contribution is 0.399. The first kappa shape index (κ1) is 7.61. The number of para-hydroxylation sites is 1. The fourth-order valence-electron chi connectivity index (χ4n) is 1.06. The van der Waals surface area contributed by atoms with Crippen LogP contribution in [-0.4, -0.2) is 11.4 Å². The van der Waals surface area contributed by atoms with Crippen LogP contribution in [-0.2, 0) is 4.79 Å². The molecule has 0 bridgehead atoms. The molecule has 1 N–H and O–H groups in total. The number of rotatable bonds is 1. The zero-order chi connectivity index (χ0) is 8.60. The molecule has 12 heavy (non-hydrogen) atoms. The van der Waals surface area contributed by atoms with Gasteiger partial charge in [-0.2, -0.15) is 4.39 Å². The molecule has 1 atom stereocenters. The Bertz CT molecular complexity index is 304. The van der Waals surface area contributed by atoms with E-state index in [0.717, 1.165) is 16.7 Å². The van der Waals surface area contributed by atoms with Crippen molar-refractivity contribution >= 4 is 23.7 Å². The summed E-state index contributed by atoms with van der Waals surface area (Å²) in [6, 6.07) is 7.06. The number of fused-ring (bicyclic) bond motifs is 1. The number of hydrogen-bond donors (Lipinski definition) is 1. The fraction of sp³-hybridized carbons (Fsp3) is 0.125. The summed E-state index contributed by atoms with van der Waals surface area (Å²) in [5, 5.41) is 0.340. The van der Waals surface area contributed by atoms with Gasteiger partial charge in [0.05, 0.1) is 5.69 Å². The van der Waals surface area contributed by atoms with Crippen molar-refractivity contribution in [3.63, 3.8) is 0 Å². The third-order valence-corrected chi connectivity index (χ3v) is 2.61. The molecule has 0 spiro atoms. The standard InChI is InChI=1S/C8H5FNOS/c9-8(5-11)10-6-3-1-2-4-7(6)12-8/h1-4,10H. The lowest BCUT2D eigenvalue weighted by Gasteiger charge is -2.08. The summed E-state index contributed by atoms with van der Waals surface area (Å²) in [5.41, 5.74) is 0.647. The number of thioether (sulfide) groups is 1. The molecule has 2 rings (SSSR count). The molecule has 0 fully saturated rings. The number of carbonyl (C=O) groups excluding carboxylic acids is 1. The van der Waals surface area contributed by atoms with E-state index < -0.39 is 5.12 Å². The van der Waals surface area contributed by atoms with Crippen molar-refractivity contribution in [2.45, 2.75) is 10.0 Å². The molecule has 0 saturated heterocycles. The summed E-state index contributed by atoms with van der Waals surface area (Å²) in [6.07, 6.45) is 1.32. The van der Waals surface area contributed by atoms with Gasteiger partial charge in [-0.05, 0) is 12.1 Å². The summed E-state index contributed by atoms with van der Waals surface area (Å²) in [4.78, 5) is 11.0. The van der Waals surface area contributed by atoms with Gasteiger partial charge in [-0.25, -0.2) is 0 Å². The first-order chi connectivity index (χ1) is 5.73. The quantitative estimate of drug-likeness (QED) is 0.673. The predicted molar refractivity (Wildman–Crippen MR) is 45.5 cm³/mol. The van der Waals surface area contributed by atoms with Crippen molar-refractivity contribution in [2.24, 2.45) is 0 Å². The van der Waals surface area contributed by atoms with E-state index in [1.165, 1.54) is 6.29 Å². The number of benzene rings is 1. The Labute approximate surface area is 73.2 Å². The molecule has 1 unspecified atom stereocenters. The third-order valence-electron chi connectivity index (χ3n) is 1.56. The van der Waals surface area contributed by atoms with Crippen LogP contribution in [0.2, 0.25) is 0 Å². The number of alkyl halides is 1. The van der Waals surface area contributed by atoms with Crippen LogP contribution in [0.1, 0.15) is 0 Å². The molecule has 1 aromatic rings. The van der Waals surface area contributed by atoms with Gasteiger partial charge in [0.25, 0.3) is 11.4 Å². The highest BCUT2D eigenvalue weighted by atomic mass is 32.2. The molecule has 1 heterocycles. The molecular weight excluding hydrogens is 177 g/mol. The van der Waals surface area contributed by atoms with Crippen LogP contribution in [0, 0.1) is 0 Å². The van der Waals surface area contributed by atoms with Gasteiger partial charge < -0.3 is 5.32 Å². The second-order valence-electron chi connectivity index (χ2n) is 2.42. The predicted octanol–water partition coefficient (Wildman–Crippen LogP) is 1.94. The van der Waals surface area contributed by atoms with Gasteiger partial charge in [0.1, 0.15) is 0 Å². The average molecular weight is 182 g/mol. The first-order valence-electron chi connectivity index (χ1n) is 3.38. The highest BCUT2D eigenvalue weighted by Crippen LogP contribution is 2.44. The van der Waals surface area contributed by atoms with E-state index in [-0.39, 0.29) is 0 Å². The van der Waals surface area contributed by atoms with Crippen molar-refractivity contribution in [3.8, 4) is 0 Å². The Kier molecular flexibility index (Phi) is 1.58. The highest BCUT2D eigenvalue weighted by Gasteiger charge is 2.38. The summed E-state index contributed by atoms with van der Waals surface area (Å²) >= 11 is 0.837. The number of halogens is 1. The molecule has 1 radical (unpaired) electrons. The van der Waals surface area contributed by atoms with Gasteiger partial charge in [-0.15, -0.1) is 0 Å². The van der Waals surface area contributed by atoms with Crippen LogP contribution >= 0.6 is 11.8 Å². The number of anilines is 1. The molecule has 0 aliphatic carbocycles. The molecular formula is C8H5FNOS. The van der Waals surface area contributed by atoms with Gasteiger partial charge in [0.15, 0.2) is 0 Å². The minimum Gasteiger partial charge on any atom is -0.337 e. The van der Waals surface area contributed by atoms with E-state index in [9.17, 15) is 9.18 Å². The largest absolute Gasteiger partial charge is 0.337 e. The summed E-state index contributed by atoms with van der Waals surface area (Å²) in [5.74, 6) is 0. The van der Waals surface area contributed by atoms with Crippen LogP contribution in [0.5, 0.6) is 0 Å². The van der Waals surface area contributed by atoms with Gasteiger partial charge in [-0.3, -0.25) is 4.79 Å². The normalized spacial score (nSPS) is 26.1. The van der Waals surface area contributed by atoms with Gasteiger partial charge in [-0.1, -0.05) is 23.9 Å². The molecule has 0 aromatic heterocycles. The third kappa shape index (κ3) is 1.08. The molecule has 61 valence electrons. The van der Waals surface area contributed by atoms with Crippen molar-refractivity contribution in [1.82, 2.24) is 0 Å². The van der Waals surface area contributed by atoms with Crippen LogP contribution < -0.4 is 5.32 Å². The van der Waals surface area contributed by atoms with E-state index in [1.54, 1.807) is 24.3 Å². The zero-order valence-electron chi connectivity index (χ0n) is 6.00. The van der Waals surface area contributed by atoms with E-state index in [0.29, 0.717) is 5.69 Å². The molecule has 1 aliphatic rings. The minimum atomic E-state index is -2.09. The van der Waals surface area contributed by atoms with Gasteiger partial charge in [0.2, 0.25) is 0 Å². The van der Waals surface area contributed by atoms with E-state index in [4.69, 9.17) is 0 Å². The molecule has 2 nitrogen and oxygen atoms in total. The van der Waals surface area contributed by atoms with Gasteiger partial charge >= 0.3 is 0 Å². The lowest BCUT2D eigenvalue weighted by atomic mass is 10.3. The van der Waals surface area contributed by atoms with E-state index in [1.807, 2.05) is 0 Å². The molecule has 0 amide bonds. The number of nitrogens with one attached hydrogen (secondary N) is 1. The summed E-state index contributed by atoms with van der Waals surface area (Å²) in [6.45, 7) is 0. The molecule has 1 aromatic carbocycles. The van der Waals surface area contributed by atoms with Gasteiger partial charge in [0, 0.05) is 4.90 Å². The average Bonchev–Trinajstić information content (AvgIpc) is 2.42. The van der Waals surface area contributed by atoms with E-state index in [2.05, 4.69) is 5.32 Å². The Morgan fingerprint density at radius 1 is 1.50 bits per heavy atom. The van der Waals surface area contributed by atoms with Crippen molar-refractivity contribution in [2.75, 3.05) is 5.32 Å². The van der Waals surface area contributed by atoms with Crippen LogP contribution in [0.15, 0.2) is 29.2 Å². The fourth-order valence-corrected chi connectivity index (χ4v) is 1.94. The topological polar surface area (TPSA) is 29.1 Å². The van der Waals surface area contributed by atoms with Crippen LogP contribution in [0.4, 0.5) is 10.1 Å². The second-order valence-corrected chi connectivity index (χ2v) is 3.63. The Balaban J connectivity index is 2.39. The van der Waals surface area contributed by atoms with E-state index >= 15 is 0 Å². The van der Waals surface area contributed by atoms with Crippen molar-refractivity contribution < 1.29 is 9.18 Å². The minimum absolute atomic E-state index is 0.647. The highest BCUT2D eigenvalue weighted by molar-refractivity contribution is 8.01. The van der Waals surface area contributed by atoms with Crippen LogP contribution in [0.25, 0.3) is 0 Å². The maximum Gasteiger partial charge on any atom is 0.299 e. The summed E-state index contributed by atoms with van der Waals surface area (Å²) in [7, 11) is 0.